The molecule has 1 fully saturated rings. The molecule has 150 valence electrons. The third kappa shape index (κ3) is 4.40. The quantitative estimate of drug-likeness (QED) is 0.651. The molecule has 4 nitrogen and oxygen atoms in total. The number of halogens is 1. The van der Waals surface area contributed by atoms with Gasteiger partial charge in [-0.05, 0) is 42.4 Å². The van der Waals surface area contributed by atoms with Gasteiger partial charge >= 0.3 is 0 Å². The Morgan fingerprint density at radius 1 is 1.07 bits per heavy atom. The van der Waals surface area contributed by atoms with Crippen molar-refractivity contribution in [1.82, 2.24) is 9.80 Å². The van der Waals surface area contributed by atoms with Gasteiger partial charge in [-0.25, -0.2) is 4.39 Å². The minimum absolute atomic E-state index is 0.0574. The zero-order valence-electron chi connectivity index (χ0n) is 16.5. The van der Waals surface area contributed by atoms with Crippen LogP contribution in [0.5, 0.6) is 0 Å². The standard InChI is InChI=1S/C24H25FN2O2/c1-26-13-14-27(17-23(26)19-6-3-2-4-7-19)24(28)22(16-21-8-5-15-29-21)18-9-11-20(25)12-10-18/h2-12,15,22-23H,13-14,16-17H2,1H3. The molecule has 5 heteroatoms. The van der Waals surface area contributed by atoms with E-state index in [0.29, 0.717) is 19.5 Å². The Morgan fingerprint density at radius 3 is 2.52 bits per heavy atom. The van der Waals surface area contributed by atoms with Gasteiger partial charge in [0.1, 0.15) is 11.6 Å². The van der Waals surface area contributed by atoms with E-state index in [9.17, 15) is 9.18 Å². The first kappa shape index (κ1) is 19.4. The molecule has 0 aliphatic carbocycles. The van der Waals surface area contributed by atoms with E-state index in [4.69, 9.17) is 4.42 Å². The van der Waals surface area contributed by atoms with E-state index < -0.39 is 5.92 Å². The van der Waals surface area contributed by atoms with Gasteiger partial charge < -0.3 is 9.32 Å². The fraction of sp³-hybridized carbons (Fsp3) is 0.292. The molecule has 1 aromatic heterocycles. The zero-order valence-corrected chi connectivity index (χ0v) is 16.5. The predicted molar refractivity (Wildman–Crippen MR) is 110 cm³/mol. The monoisotopic (exact) mass is 392 g/mol. The SMILES string of the molecule is CN1CCN(C(=O)C(Cc2ccco2)c2ccc(F)cc2)CC1c1ccccc1. The average Bonchev–Trinajstić information content (AvgIpc) is 3.27. The Hall–Kier alpha value is -2.92. The van der Waals surface area contributed by atoms with Gasteiger partial charge in [0, 0.05) is 26.1 Å². The number of likely N-dealkylation sites (N-methyl/N-ethyl adjacent to an activating group) is 1. The number of hydrogen-bond acceptors (Lipinski definition) is 3. The first-order chi connectivity index (χ1) is 14.1. The van der Waals surface area contributed by atoms with E-state index >= 15 is 0 Å². The first-order valence-electron chi connectivity index (χ1n) is 9.93. The number of piperazine rings is 1. The number of amides is 1. The van der Waals surface area contributed by atoms with Crippen molar-refractivity contribution in [2.24, 2.45) is 0 Å². The summed E-state index contributed by atoms with van der Waals surface area (Å²) in [5, 5.41) is 0. The van der Waals surface area contributed by atoms with Crippen LogP contribution in [-0.2, 0) is 11.2 Å². The summed E-state index contributed by atoms with van der Waals surface area (Å²) in [4.78, 5) is 17.8. The van der Waals surface area contributed by atoms with E-state index in [1.54, 1.807) is 18.4 Å². The van der Waals surface area contributed by atoms with Crippen LogP contribution in [0.15, 0.2) is 77.4 Å². The van der Waals surface area contributed by atoms with Gasteiger partial charge in [0.15, 0.2) is 0 Å². The molecule has 0 N–H and O–H groups in total. The molecule has 1 aliphatic rings. The first-order valence-corrected chi connectivity index (χ1v) is 9.93. The highest BCUT2D eigenvalue weighted by molar-refractivity contribution is 5.84. The van der Waals surface area contributed by atoms with Crippen LogP contribution in [0.2, 0.25) is 0 Å². The van der Waals surface area contributed by atoms with Crippen molar-refractivity contribution < 1.29 is 13.6 Å². The summed E-state index contributed by atoms with van der Waals surface area (Å²) < 4.78 is 18.9. The van der Waals surface area contributed by atoms with Crippen molar-refractivity contribution in [3.63, 3.8) is 0 Å². The maximum absolute atomic E-state index is 13.6. The second-order valence-corrected chi connectivity index (χ2v) is 7.58. The maximum Gasteiger partial charge on any atom is 0.230 e. The van der Waals surface area contributed by atoms with Crippen LogP contribution in [0.1, 0.15) is 28.8 Å². The molecule has 0 spiro atoms. The highest BCUT2D eigenvalue weighted by atomic mass is 19.1. The van der Waals surface area contributed by atoms with Crippen LogP contribution < -0.4 is 0 Å². The van der Waals surface area contributed by atoms with Gasteiger partial charge in [0.25, 0.3) is 0 Å². The predicted octanol–water partition coefficient (Wildman–Crippen LogP) is 4.26. The second kappa shape index (κ2) is 8.62. The second-order valence-electron chi connectivity index (χ2n) is 7.58. The summed E-state index contributed by atoms with van der Waals surface area (Å²) in [6, 6.07) is 20.4. The lowest BCUT2D eigenvalue weighted by atomic mass is 9.92. The van der Waals surface area contributed by atoms with Crippen molar-refractivity contribution in [2.45, 2.75) is 18.4 Å². The number of hydrogen-bond donors (Lipinski definition) is 0. The number of furan rings is 1. The van der Waals surface area contributed by atoms with Gasteiger partial charge in [0.2, 0.25) is 5.91 Å². The van der Waals surface area contributed by atoms with Gasteiger partial charge in [0.05, 0.1) is 18.2 Å². The Morgan fingerprint density at radius 2 is 1.83 bits per heavy atom. The molecule has 1 saturated heterocycles. The van der Waals surface area contributed by atoms with Crippen LogP contribution in [0.25, 0.3) is 0 Å². The van der Waals surface area contributed by atoms with Gasteiger partial charge in [-0.3, -0.25) is 9.69 Å². The molecule has 4 rings (SSSR count). The molecule has 1 aliphatic heterocycles. The topological polar surface area (TPSA) is 36.7 Å². The molecule has 2 aromatic carbocycles. The normalized spacial score (nSPS) is 18.6. The van der Waals surface area contributed by atoms with E-state index in [-0.39, 0.29) is 17.8 Å². The summed E-state index contributed by atoms with van der Waals surface area (Å²) >= 11 is 0. The lowest BCUT2D eigenvalue weighted by molar-refractivity contribution is -0.135. The van der Waals surface area contributed by atoms with Crippen LogP contribution in [0.3, 0.4) is 0 Å². The summed E-state index contributed by atoms with van der Waals surface area (Å²) in [7, 11) is 2.10. The van der Waals surface area contributed by atoms with Crippen LogP contribution >= 0.6 is 0 Å². The number of carbonyl (C=O) groups excluding carboxylic acids is 1. The lowest BCUT2D eigenvalue weighted by Crippen LogP contribution is -2.50. The Labute approximate surface area is 170 Å². The number of carbonyl (C=O) groups is 1. The van der Waals surface area contributed by atoms with E-state index in [2.05, 4.69) is 24.1 Å². The maximum atomic E-state index is 13.6. The van der Waals surface area contributed by atoms with Crippen molar-refractivity contribution in [2.75, 3.05) is 26.7 Å². The minimum atomic E-state index is -0.401. The highest BCUT2D eigenvalue weighted by Gasteiger charge is 2.33. The Bertz CT molecular complexity index is 925. The van der Waals surface area contributed by atoms with Gasteiger partial charge in [-0.15, -0.1) is 0 Å². The summed E-state index contributed by atoms with van der Waals surface area (Å²) in [5.74, 6) is 0.103. The van der Waals surface area contributed by atoms with Crippen LogP contribution in [0.4, 0.5) is 4.39 Å². The Balaban J connectivity index is 1.58. The van der Waals surface area contributed by atoms with Gasteiger partial charge in [-0.2, -0.15) is 0 Å². The van der Waals surface area contributed by atoms with E-state index in [1.807, 2.05) is 35.2 Å². The molecule has 0 bridgehead atoms. The number of nitrogens with zero attached hydrogens (tertiary/aromatic N) is 2. The molecular formula is C24H25FN2O2. The molecule has 0 saturated carbocycles. The summed E-state index contributed by atoms with van der Waals surface area (Å²) in [6.45, 7) is 2.12. The number of rotatable bonds is 5. The average molecular weight is 392 g/mol. The molecule has 2 heterocycles. The lowest BCUT2D eigenvalue weighted by Gasteiger charge is -2.41. The molecular weight excluding hydrogens is 367 g/mol. The van der Waals surface area contributed by atoms with Crippen molar-refractivity contribution in [3.8, 4) is 0 Å². The fourth-order valence-electron chi connectivity index (χ4n) is 4.00. The Kier molecular flexibility index (Phi) is 5.76. The van der Waals surface area contributed by atoms with Crippen LogP contribution in [0, 0.1) is 5.82 Å². The third-order valence-electron chi connectivity index (χ3n) is 5.70. The fourth-order valence-corrected chi connectivity index (χ4v) is 4.00. The third-order valence-corrected chi connectivity index (χ3v) is 5.70. The van der Waals surface area contributed by atoms with Gasteiger partial charge in [-0.1, -0.05) is 42.5 Å². The molecule has 1 amide bonds. The van der Waals surface area contributed by atoms with Crippen LogP contribution in [-0.4, -0.2) is 42.4 Å². The molecule has 2 atom stereocenters. The molecule has 3 aromatic rings. The summed E-state index contributed by atoms with van der Waals surface area (Å²) in [5.41, 5.74) is 2.01. The zero-order chi connectivity index (χ0) is 20.2. The van der Waals surface area contributed by atoms with E-state index in [0.717, 1.165) is 17.9 Å². The van der Waals surface area contributed by atoms with Crippen molar-refractivity contribution in [1.29, 1.82) is 0 Å². The molecule has 0 radical (unpaired) electrons. The van der Waals surface area contributed by atoms with E-state index in [1.165, 1.54) is 17.7 Å². The smallest absolute Gasteiger partial charge is 0.230 e. The molecule has 2 unspecified atom stereocenters. The summed E-state index contributed by atoms with van der Waals surface area (Å²) in [6.07, 6.45) is 2.07. The minimum Gasteiger partial charge on any atom is -0.469 e. The van der Waals surface area contributed by atoms with Crippen molar-refractivity contribution >= 4 is 5.91 Å². The largest absolute Gasteiger partial charge is 0.469 e. The number of benzene rings is 2. The highest BCUT2D eigenvalue weighted by Crippen LogP contribution is 2.29. The van der Waals surface area contributed by atoms with Crippen molar-refractivity contribution in [3.05, 3.63) is 95.7 Å². The molecule has 29 heavy (non-hydrogen) atoms.